The molecule has 0 radical (unpaired) electrons. The molecule has 1 aromatic heterocycles. The third-order valence-corrected chi connectivity index (χ3v) is 6.47. The first-order valence-electron chi connectivity index (χ1n) is 12.1. The van der Waals surface area contributed by atoms with E-state index in [4.69, 9.17) is 0 Å². The monoisotopic (exact) mass is 441 g/mol. The van der Waals surface area contributed by atoms with E-state index in [0.29, 0.717) is 12.7 Å². The molecule has 5 heteroatoms. The normalized spacial score (nSPS) is 12.1. The number of fused-ring (bicyclic) bond motifs is 1. The summed E-state index contributed by atoms with van der Waals surface area (Å²) in [5.41, 5.74) is 5.46. The van der Waals surface area contributed by atoms with E-state index in [0.717, 1.165) is 22.4 Å². The van der Waals surface area contributed by atoms with E-state index in [-0.39, 0.29) is 0 Å². The molecule has 1 heterocycles. The molecule has 33 heavy (non-hydrogen) atoms. The molecule has 1 atom stereocenters. The average molecular weight is 442 g/mol. The quantitative estimate of drug-likeness (QED) is 0.234. The summed E-state index contributed by atoms with van der Waals surface area (Å²) in [5.74, 6) is 0. The maximum atomic E-state index is 4.41. The van der Waals surface area contributed by atoms with Gasteiger partial charge in [0.25, 0.3) is 0 Å². The van der Waals surface area contributed by atoms with E-state index < -0.39 is 0 Å². The molecule has 4 rings (SSSR count). The SMILES string of the molecule is CCCCCCC(C)N(C)c1ccc(N(Cn2nnc3ccccc32)c2ccccc2)cc1. The first kappa shape index (κ1) is 22.8. The van der Waals surface area contributed by atoms with Crippen LogP contribution in [0.5, 0.6) is 0 Å². The molecule has 4 aromatic rings. The van der Waals surface area contributed by atoms with Crippen LogP contribution in [0.3, 0.4) is 0 Å². The summed E-state index contributed by atoms with van der Waals surface area (Å²) < 4.78 is 1.96. The summed E-state index contributed by atoms with van der Waals surface area (Å²) in [6, 6.07) is 28.0. The predicted molar refractivity (Wildman–Crippen MR) is 139 cm³/mol. The summed E-state index contributed by atoms with van der Waals surface area (Å²) in [6.07, 6.45) is 6.48. The van der Waals surface area contributed by atoms with Crippen LogP contribution in [0.2, 0.25) is 0 Å². The van der Waals surface area contributed by atoms with E-state index in [2.05, 4.69) is 95.6 Å². The van der Waals surface area contributed by atoms with Gasteiger partial charge < -0.3 is 9.80 Å². The maximum absolute atomic E-state index is 4.41. The van der Waals surface area contributed by atoms with Crippen LogP contribution in [-0.4, -0.2) is 28.1 Å². The van der Waals surface area contributed by atoms with Crippen molar-refractivity contribution in [3.8, 4) is 0 Å². The second kappa shape index (κ2) is 11.0. The Morgan fingerprint density at radius 3 is 2.21 bits per heavy atom. The second-order valence-electron chi connectivity index (χ2n) is 8.81. The molecule has 0 aliphatic rings. The smallest absolute Gasteiger partial charge is 0.119 e. The molecule has 0 N–H and O–H groups in total. The van der Waals surface area contributed by atoms with Gasteiger partial charge in [-0.2, -0.15) is 0 Å². The van der Waals surface area contributed by atoms with Crippen molar-refractivity contribution in [2.24, 2.45) is 0 Å². The first-order chi connectivity index (χ1) is 16.2. The Balaban J connectivity index is 1.54. The molecule has 3 aromatic carbocycles. The molecule has 5 nitrogen and oxygen atoms in total. The van der Waals surface area contributed by atoms with Crippen molar-refractivity contribution < 1.29 is 0 Å². The highest BCUT2D eigenvalue weighted by molar-refractivity contribution is 5.74. The summed E-state index contributed by atoms with van der Waals surface area (Å²) >= 11 is 0. The van der Waals surface area contributed by atoms with Gasteiger partial charge in [-0.3, -0.25) is 0 Å². The fourth-order valence-corrected chi connectivity index (χ4v) is 4.26. The third kappa shape index (κ3) is 5.54. The molecule has 172 valence electrons. The number of rotatable bonds is 11. The molecule has 0 spiro atoms. The lowest BCUT2D eigenvalue weighted by molar-refractivity contribution is 0.557. The predicted octanol–water partition coefficient (Wildman–Crippen LogP) is 7.02. The molecule has 0 amide bonds. The summed E-state index contributed by atoms with van der Waals surface area (Å²) in [4.78, 5) is 4.67. The second-order valence-corrected chi connectivity index (χ2v) is 8.81. The molecule has 0 saturated carbocycles. The van der Waals surface area contributed by atoms with Crippen LogP contribution in [0.15, 0.2) is 78.9 Å². The van der Waals surface area contributed by atoms with Crippen molar-refractivity contribution in [2.75, 3.05) is 16.8 Å². The van der Waals surface area contributed by atoms with Crippen molar-refractivity contribution in [2.45, 2.75) is 58.7 Å². The highest BCUT2D eigenvalue weighted by atomic mass is 15.5. The van der Waals surface area contributed by atoms with E-state index in [9.17, 15) is 0 Å². The first-order valence-corrected chi connectivity index (χ1v) is 12.1. The van der Waals surface area contributed by atoms with Gasteiger partial charge in [-0.05, 0) is 61.9 Å². The van der Waals surface area contributed by atoms with Gasteiger partial charge in [0.1, 0.15) is 12.2 Å². The third-order valence-electron chi connectivity index (χ3n) is 6.47. The Kier molecular flexibility index (Phi) is 7.61. The van der Waals surface area contributed by atoms with Crippen molar-refractivity contribution in [1.29, 1.82) is 0 Å². The van der Waals surface area contributed by atoms with E-state index in [1.165, 1.54) is 37.8 Å². The van der Waals surface area contributed by atoms with Gasteiger partial charge in [0, 0.05) is 30.2 Å². The van der Waals surface area contributed by atoms with Crippen molar-refractivity contribution in [3.63, 3.8) is 0 Å². The molecule has 0 saturated heterocycles. The van der Waals surface area contributed by atoms with Crippen LogP contribution in [0.4, 0.5) is 17.1 Å². The molecule has 0 fully saturated rings. The van der Waals surface area contributed by atoms with Gasteiger partial charge in [-0.25, -0.2) is 4.68 Å². The van der Waals surface area contributed by atoms with Crippen molar-refractivity contribution in [1.82, 2.24) is 15.0 Å². The number of benzene rings is 3. The Morgan fingerprint density at radius 2 is 1.45 bits per heavy atom. The van der Waals surface area contributed by atoms with Gasteiger partial charge in [0.2, 0.25) is 0 Å². The number of anilines is 3. The van der Waals surface area contributed by atoms with Gasteiger partial charge >= 0.3 is 0 Å². The summed E-state index contributed by atoms with van der Waals surface area (Å²) in [5, 5.41) is 8.74. The zero-order chi connectivity index (χ0) is 23.0. The van der Waals surface area contributed by atoms with Crippen LogP contribution in [0.25, 0.3) is 11.0 Å². The highest BCUT2D eigenvalue weighted by Gasteiger charge is 2.15. The lowest BCUT2D eigenvalue weighted by Crippen LogP contribution is -2.28. The van der Waals surface area contributed by atoms with Gasteiger partial charge in [0.05, 0.1) is 5.52 Å². The topological polar surface area (TPSA) is 37.2 Å². The Hall–Kier alpha value is -3.34. The Labute approximate surface area is 197 Å². The number of para-hydroxylation sites is 2. The summed E-state index contributed by atoms with van der Waals surface area (Å²) in [7, 11) is 2.20. The van der Waals surface area contributed by atoms with E-state index in [1.54, 1.807) is 0 Å². The zero-order valence-corrected chi connectivity index (χ0v) is 20.1. The van der Waals surface area contributed by atoms with Crippen LogP contribution >= 0.6 is 0 Å². The van der Waals surface area contributed by atoms with E-state index in [1.807, 2.05) is 28.9 Å². The van der Waals surface area contributed by atoms with Gasteiger partial charge in [-0.1, -0.05) is 68.2 Å². The molecular formula is C28H35N5. The van der Waals surface area contributed by atoms with Gasteiger partial charge in [0.15, 0.2) is 0 Å². The number of hydrogen-bond donors (Lipinski definition) is 0. The minimum Gasteiger partial charge on any atom is -0.372 e. The molecular weight excluding hydrogens is 406 g/mol. The molecule has 0 bridgehead atoms. The largest absolute Gasteiger partial charge is 0.372 e. The van der Waals surface area contributed by atoms with Crippen molar-refractivity contribution in [3.05, 3.63) is 78.9 Å². The number of nitrogens with zero attached hydrogens (tertiary/aromatic N) is 5. The van der Waals surface area contributed by atoms with Crippen LogP contribution in [0.1, 0.15) is 46.0 Å². The van der Waals surface area contributed by atoms with E-state index >= 15 is 0 Å². The minimum atomic E-state index is 0.527. The number of aromatic nitrogens is 3. The fraction of sp³-hybridized carbons (Fsp3) is 0.357. The van der Waals surface area contributed by atoms with Crippen LogP contribution < -0.4 is 9.80 Å². The van der Waals surface area contributed by atoms with Crippen LogP contribution in [0, 0.1) is 0 Å². The lowest BCUT2D eigenvalue weighted by Gasteiger charge is -2.29. The zero-order valence-electron chi connectivity index (χ0n) is 20.1. The Bertz CT molecular complexity index is 1120. The van der Waals surface area contributed by atoms with Gasteiger partial charge in [-0.15, -0.1) is 5.10 Å². The molecule has 0 aliphatic carbocycles. The number of hydrogen-bond acceptors (Lipinski definition) is 4. The maximum Gasteiger partial charge on any atom is 0.119 e. The summed E-state index contributed by atoms with van der Waals surface area (Å²) in [6.45, 7) is 5.18. The molecule has 1 unspecified atom stereocenters. The minimum absolute atomic E-state index is 0.527. The average Bonchev–Trinajstić information content (AvgIpc) is 3.28. The van der Waals surface area contributed by atoms with Crippen molar-refractivity contribution >= 4 is 28.1 Å². The fourth-order valence-electron chi connectivity index (χ4n) is 4.26. The van der Waals surface area contributed by atoms with Crippen LogP contribution in [-0.2, 0) is 6.67 Å². The standard InChI is InChI=1S/C28H35N5/c1-4-5-6-8-13-23(2)31(3)24-18-20-26(21-19-24)32(25-14-9-7-10-15-25)22-33-28-17-12-11-16-27(28)29-30-33/h7,9-12,14-21,23H,4-6,8,13,22H2,1-3H3. The highest BCUT2D eigenvalue weighted by Crippen LogP contribution is 2.29. The number of unbranched alkanes of at least 4 members (excludes halogenated alkanes) is 3. The molecule has 0 aliphatic heterocycles. The lowest BCUT2D eigenvalue weighted by atomic mass is 10.1. The Morgan fingerprint density at radius 1 is 0.788 bits per heavy atom.